The summed E-state index contributed by atoms with van der Waals surface area (Å²) in [5.74, 6) is 0.945. The highest BCUT2D eigenvalue weighted by atomic mass is 35.5. The van der Waals surface area contributed by atoms with Gasteiger partial charge in [-0.15, -0.1) is 0 Å². The highest BCUT2D eigenvalue weighted by Crippen LogP contribution is 2.38. The van der Waals surface area contributed by atoms with E-state index in [-0.39, 0.29) is 11.9 Å². The van der Waals surface area contributed by atoms with Gasteiger partial charge in [-0.2, -0.15) is 0 Å². The van der Waals surface area contributed by atoms with Crippen molar-refractivity contribution in [1.29, 1.82) is 0 Å². The molecule has 6 heteroatoms. The zero-order valence-corrected chi connectivity index (χ0v) is 11.5. The number of hydrogen-bond donors (Lipinski definition) is 2. The molecule has 1 amide bonds. The Morgan fingerprint density at radius 3 is 2.95 bits per heavy atom. The van der Waals surface area contributed by atoms with Crippen LogP contribution < -0.4 is 20.5 Å². The summed E-state index contributed by atoms with van der Waals surface area (Å²) in [6, 6.07) is 3.74. The number of benzene rings is 1. The van der Waals surface area contributed by atoms with E-state index in [1.165, 1.54) is 0 Å². The lowest BCUT2D eigenvalue weighted by Gasteiger charge is -2.21. The van der Waals surface area contributed by atoms with Gasteiger partial charge in [-0.1, -0.05) is 11.6 Å². The standard InChI is InChI=1S/C13H17ClN2O3/c1-8(4-12(15)17)16-7-9-5-10(14)13-11(6-9)18-2-3-19-13/h5-6,8,16H,2-4,7H2,1H3,(H2,15,17). The molecule has 104 valence electrons. The Balaban J connectivity index is 2.01. The van der Waals surface area contributed by atoms with Crippen molar-refractivity contribution in [2.24, 2.45) is 5.73 Å². The van der Waals surface area contributed by atoms with Crippen molar-refractivity contribution < 1.29 is 14.3 Å². The topological polar surface area (TPSA) is 73.6 Å². The van der Waals surface area contributed by atoms with Crippen LogP contribution in [0.5, 0.6) is 11.5 Å². The summed E-state index contributed by atoms with van der Waals surface area (Å²) in [6.07, 6.45) is 0.304. The highest BCUT2D eigenvalue weighted by Gasteiger charge is 2.16. The summed E-state index contributed by atoms with van der Waals surface area (Å²) in [6.45, 7) is 3.54. The molecule has 1 aromatic rings. The van der Waals surface area contributed by atoms with Gasteiger partial charge in [-0.05, 0) is 24.6 Å². The normalized spacial score (nSPS) is 15.1. The number of carbonyl (C=O) groups is 1. The van der Waals surface area contributed by atoms with Crippen LogP contribution in [0.25, 0.3) is 0 Å². The van der Waals surface area contributed by atoms with E-state index < -0.39 is 0 Å². The number of nitrogens with one attached hydrogen (secondary N) is 1. The lowest BCUT2D eigenvalue weighted by molar-refractivity contribution is -0.118. The number of primary amides is 1. The fourth-order valence-corrected chi connectivity index (χ4v) is 2.22. The lowest BCUT2D eigenvalue weighted by Crippen LogP contribution is -2.30. The fraction of sp³-hybridized carbons (Fsp3) is 0.462. The Morgan fingerprint density at radius 2 is 2.21 bits per heavy atom. The minimum absolute atomic E-state index is 0.0180. The van der Waals surface area contributed by atoms with E-state index in [1.807, 2.05) is 19.1 Å². The number of ether oxygens (including phenoxy) is 2. The predicted molar refractivity (Wildman–Crippen MR) is 72.6 cm³/mol. The first-order valence-corrected chi connectivity index (χ1v) is 6.53. The zero-order chi connectivity index (χ0) is 13.8. The molecule has 0 radical (unpaired) electrons. The van der Waals surface area contributed by atoms with Gasteiger partial charge in [-0.3, -0.25) is 4.79 Å². The van der Waals surface area contributed by atoms with Crippen LogP contribution in [0.15, 0.2) is 12.1 Å². The van der Waals surface area contributed by atoms with E-state index in [0.29, 0.717) is 42.7 Å². The van der Waals surface area contributed by atoms with Gasteiger partial charge in [0.15, 0.2) is 11.5 Å². The SMILES string of the molecule is CC(CC(N)=O)NCc1cc(Cl)c2c(c1)OCCO2. The third-order valence-electron chi connectivity index (χ3n) is 2.82. The molecular weight excluding hydrogens is 268 g/mol. The Labute approximate surface area is 117 Å². The number of fused-ring (bicyclic) bond motifs is 1. The van der Waals surface area contributed by atoms with Gasteiger partial charge in [0.2, 0.25) is 5.91 Å². The van der Waals surface area contributed by atoms with Crippen molar-refractivity contribution >= 4 is 17.5 Å². The quantitative estimate of drug-likeness (QED) is 0.859. The van der Waals surface area contributed by atoms with Gasteiger partial charge in [-0.25, -0.2) is 0 Å². The minimum Gasteiger partial charge on any atom is -0.486 e. The summed E-state index contributed by atoms with van der Waals surface area (Å²) < 4.78 is 11.0. The molecule has 19 heavy (non-hydrogen) atoms. The maximum Gasteiger partial charge on any atom is 0.218 e. The Morgan fingerprint density at radius 1 is 1.47 bits per heavy atom. The van der Waals surface area contributed by atoms with E-state index in [1.54, 1.807) is 0 Å². The van der Waals surface area contributed by atoms with Gasteiger partial charge in [0.05, 0.1) is 5.02 Å². The average molecular weight is 285 g/mol. The van der Waals surface area contributed by atoms with Gasteiger partial charge >= 0.3 is 0 Å². The van der Waals surface area contributed by atoms with Crippen LogP contribution in [-0.2, 0) is 11.3 Å². The maximum absolute atomic E-state index is 10.8. The summed E-state index contributed by atoms with van der Waals surface area (Å²) in [4.78, 5) is 10.8. The second kappa shape index (κ2) is 6.12. The number of nitrogens with two attached hydrogens (primary N) is 1. The Kier molecular flexibility index (Phi) is 4.50. The van der Waals surface area contributed by atoms with Crippen LogP contribution >= 0.6 is 11.6 Å². The summed E-state index contributed by atoms with van der Waals surface area (Å²) in [7, 11) is 0. The van der Waals surface area contributed by atoms with Crippen molar-refractivity contribution in [2.45, 2.75) is 25.9 Å². The fourth-order valence-electron chi connectivity index (χ4n) is 1.93. The lowest BCUT2D eigenvalue weighted by atomic mass is 10.1. The molecule has 1 aromatic carbocycles. The third-order valence-corrected chi connectivity index (χ3v) is 3.10. The third kappa shape index (κ3) is 3.75. The first-order valence-electron chi connectivity index (χ1n) is 6.16. The van der Waals surface area contributed by atoms with Crippen molar-refractivity contribution in [1.82, 2.24) is 5.32 Å². The number of carbonyl (C=O) groups excluding carboxylic acids is 1. The molecule has 1 heterocycles. The largest absolute Gasteiger partial charge is 0.486 e. The van der Waals surface area contributed by atoms with Crippen LogP contribution in [0.4, 0.5) is 0 Å². The molecule has 1 atom stereocenters. The van der Waals surface area contributed by atoms with Crippen LogP contribution in [0.1, 0.15) is 18.9 Å². The number of halogens is 1. The molecule has 5 nitrogen and oxygen atoms in total. The highest BCUT2D eigenvalue weighted by molar-refractivity contribution is 6.32. The molecule has 3 N–H and O–H groups in total. The van der Waals surface area contributed by atoms with Crippen molar-refractivity contribution in [2.75, 3.05) is 13.2 Å². The van der Waals surface area contributed by atoms with Gasteiger partial charge < -0.3 is 20.5 Å². The molecule has 0 fully saturated rings. The molecule has 0 spiro atoms. The van der Waals surface area contributed by atoms with Gasteiger partial charge in [0, 0.05) is 19.0 Å². The second-order valence-corrected chi connectivity index (χ2v) is 4.96. The number of hydrogen-bond acceptors (Lipinski definition) is 4. The number of amides is 1. The van der Waals surface area contributed by atoms with Crippen molar-refractivity contribution in [3.8, 4) is 11.5 Å². The van der Waals surface area contributed by atoms with Crippen LogP contribution in [-0.4, -0.2) is 25.2 Å². The van der Waals surface area contributed by atoms with E-state index in [4.69, 9.17) is 26.8 Å². The Bertz CT molecular complexity index is 479. The summed E-state index contributed by atoms with van der Waals surface area (Å²) >= 11 is 6.14. The smallest absolute Gasteiger partial charge is 0.218 e. The molecule has 0 bridgehead atoms. The van der Waals surface area contributed by atoms with E-state index in [0.717, 1.165) is 5.56 Å². The summed E-state index contributed by atoms with van der Waals surface area (Å²) in [5, 5.41) is 3.75. The van der Waals surface area contributed by atoms with Gasteiger partial charge in [0.25, 0.3) is 0 Å². The van der Waals surface area contributed by atoms with E-state index in [2.05, 4.69) is 5.32 Å². The number of rotatable bonds is 5. The second-order valence-electron chi connectivity index (χ2n) is 4.55. The Hall–Kier alpha value is -1.46. The summed E-state index contributed by atoms with van der Waals surface area (Å²) in [5.41, 5.74) is 6.12. The molecule has 1 unspecified atom stereocenters. The maximum atomic E-state index is 10.8. The minimum atomic E-state index is -0.319. The molecule has 0 saturated carbocycles. The van der Waals surface area contributed by atoms with Crippen LogP contribution in [0.2, 0.25) is 5.02 Å². The molecule has 1 aliphatic rings. The predicted octanol–water partition coefficient (Wildman–Crippen LogP) is 1.46. The molecule has 0 aliphatic carbocycles. The zero-order valence-electron chi connectivity index (χ0n) is 10.7. The molecular formula is C13H17ClN2O3. The molecule has 2 rings (SSSR count). The van der Waals surface area contributed by atoms with Crippen LogP contribution in [0, 0.1) is 0 Å². The first kappa shape index (κ1) is 14.0. The van der Waals surface area contributed by atoms with Crippen molar-refractivity contribution in [3.05, 3.63) is 22.7 Å². The van der Waals surface area contributed by atoms with E-state index >= 15 is 0 Å². The monoisotopic (exact) mass is 284 g/mol. The molecule has 0 aromatic heterocycles. The molecule has 1 aliphatic heterocycles. The van der Waals surface area contributed by atoms with Crippen molar-refractivity contribution in [3.63, 3.8) is 0 Å². The van der Waals surface area contributed by atoms with Crippen LogP contribution in [0.3, 0.4) is 0 Å². The average Bonchev–Trinajstić information content (AvgIpc) is 2.36. The van der Waals surface area contributed by atoms with Gasteiger partial charge in [0.1, 0.15) is 13.2 Å². The molecule has 0 saturated heterocycles. The van der Waals surface area contributed by atoms with E-state index in [9.17, 15) is 4.79 Å². The first-order chi connectivity index (χ1) is 9.06.